The first-order chi connectivity index (χ1) is 7.73. The van der Waals surface area contributed by atoms with Gasteiger partial charge in [0.15, 0.2) is 0 Å². The molecule has 0 radical (unpaired) electrons. The van der Waals surface area contributed by atoms with Crippen LogP contribution in [0.5, 0.6) is 0 Å². The molecule has 1 aliphatic rings. The third-order valence-corrected chi connectivity index (χ3v) is 4.48. The third kappa shape index (κ3) is 2.78. The van der Waals surface area contributed by atoms with Crippen molar-refractivity contribution < 1.29 is 5.11 Å². The fourth-order valence-corrected chi connectivity index (χ4v) is 3.38. The SMILES string of the molecule is NCc1ccccc1CC1(O)CCCSC1. The molecule has 0 bridgehead atoms. The van der Waals surface area contributed by atoms with Crippen LogP contribution in [0.3, 0.4) is 0 Å². The lowest BCUT2D eigenvalue weighted by Gasteiger charge is -2.32. The maximum absolute atomic E-state index is 10.5. The van der Waals surface area contributed by atoms with E-state index in [9.17, 15) is 5.11 Å². The first kappa shape index (κ1) is 12.0. The number of rotatable bonds is 3. The van der Waals surface area contributed by atoms with E-state index in [-0.39, 0.29) is 0 Å². The summed E-state index contributed by atoms with van der Waals surface area (Å²) in [6.45, 7) is 0.555. The normalized spacial score (nSPS) is 25.6. The molecule has 0 aromatic heterocycles. The zero-order valence-electron chi connectivity index (χ0n) is 9.48. The molecule has 1 aromatic carbocycles. The van der Waals surface area contributed by atoms with E-state index in [0.29, 0.717) is 6.54 Å². The maximum Gasteiger partial charge on any atom is 0.0778 e. The first-order valence-electron chi connectivity index (χ1n) is 5.80. The van der Waals surface area contributed by atoms with Gasteiger partial charge in [0.2, 0.25) is 0 Å². The van der Waals surface area contributed by atoms with Crippen molar-refractivity contribution in [2.45, 2.75) is 31.4 Å². The summed E-state index contributed by atoms with van der Waals surface area (Å²) in [4.78, 5) is 0. The molecule has 2 nitrogen and oxygen atoms in total. The third-order valence-electron chi connectivity index (χ3n) is 3.16. The van der Waals surface area contributed by atoms with Crippen molar-refractivity contribution in [3.8, 4) is 0 Å². The topological polar surface area (TPSA) is 46.2 Å². The molecule has 1 aromatic rings. The Morgan fingerprint density at radius 1 is 1.31 bits per heavy atom. The lowest BCUT2D eigenvalue weighted by molar-refractivity contribution is 0.0528. The standard InChI is InChI=1S/C13H19NOS/c14-9-12-5-2-1-4-11(12)8-13(15)6-3-7-16-10-13/h1-2,4-5,15H,3,6-10,14H2. The summed E-state index contributed by atoms with van der Waals surface area (Å²) in [5.74, 6) is 2.03. The van der Waals surface area contributed by atoms with Gasteiger partial charge in [-0.25, -0.2) is 0 Å². The van der Waals surface area contributed by atoms with Crippen LogP contribution in [-0.4, -0.2) is 22.2 Å². The second-order valence-corrected chi connectivity index (χ2v) is 5.64. The molecule has 0 amide bonds. The molecular weight excluding hydrogens is 218 g/mol. The molecule has 3 heteroatoms. The molecule has 1 heterocycles. The summed E-state index contributed by atoms with van der Waals surface area (Å²) in [7, 11) is 0. The summed E-state index contributed by atoms with van der Waals surface area (Å²) in [5, 5.41) is 10.5. The highest BCUT2D eigenvalue weighted by Gasteiger charge is 2.30. The first-order valence-corrected chi connectivity index (χ1v) is 6.96. The molecule has 0 aliphatic carbocycles. The molecule has 1 unspecified atom stereocenters. The van der Waals surface area contributed by atoms with Crippen molar-refractivity contribution >= 4 is 11.8 Å². The Bertz CT molecular complexity index is 348. The highest BCUT2D eigenvalue weighted by Crippen LogP contribution is 2.30. The van der Waals surface area contributed by atoms with Crippen LogP contribution in [0.2, 0.25) is 0 Å². The summed E-state index contributed by atoms with van der Waals surface area (Å²) in [5.41, 5.74) is 7.55. The van der Waals surface area contributed by atoms with Crippen LogP contribution < -0.4 is 5.73 Å². The zero-order chi connectivity index (χ0) is 11.4. The number of hydrogen-bond acceptors (Lipinski definition) is 3. The van der Waals surface area contributed by atoms with E-state index in [0.717, 1.165) is 30.6 Å². The van der Waals surface area contributed by atoms with Gasteiger partial charge < -0.3 is 10.8 Å². The highest BCUT2D eigenvalue weighted by molar-refractivity contribution is 7.99. The largest absolute Gasteiger partial charge is 0.389 e. The molecule has 2 rings (SSSR count). The summed E-state index contributed by atoms with van der Waals surface area (Å²) in [6, 6.07) is 8.16. The number of thioether (sulfide) groups is 1. The molecule has 3 N–H and O–H groups in total. The van der Waals surface area contributed by atoms with Gasteiger partial charge in [-0.2, -0.15) is 11.8 Å². The van der Waals surface area contributed by atoms with Crippen LogP contribution in [0.15, 0.2) is 24.3 Å². The fourth-order valence-electron chi connectivity index (χ4n) is 2.26. The van der Waals surface area contributed by atoms with Crippen LogP contribution in [0, 0.1) is 0 Å². The van der Waals surface area contributed by atoms with Crippen molar-refractivity contribution in [2.24, 2.45) is 5.73 Å². The Kier molecular flexibility index (Phi) is 3.90. The van der Waals surface area contributed by atoms with E-state index in [1.165, 1.54) is 11.3 Å². The van der Waals surface area contributed by atoms with Crippen molar-refractivity contribution in [3.63, 3.8) is 0 Å². The summed E-state index contributed by atoms with van der Waals surface area (Å²) >= 11 is 1.85. The quantitative estimate of drug-likeness (QED) is 0.844. The highest BCUT2D eigenvalue weighted by atomic mass is 32.2. The Balaban J connectivity index is 2.12. The minimum absolute atomic E-state index is 0.520. The number of nitrogens with two attached hydrogens (primary N) is 1. The Morgan fingerprint density at radius 2 is 2.06 bits per heavy atom. The molecule has 16 heavy (non-hydrogen) atoms. The van der Waals surface area contributed by atoms with Crippen LogP contribution in [0.25, 0.3) is 0 Å². The number of benzene rings is 1. The lowest BCUT2D eigenvalue weighted by Crippen LogP contribution is -2.37. The average molecular weight is 237 g/mol. The predicted octanol–water partition coefficient (Wildman–Crippen LogP) is 1.95. The molecule has 0 spiro atoms. The molecule has 1 aliphatic heterocycles. The Morgan fingerprint density at radius 3 is 2.69 bits per heavy atom. The van der Waals surface area contributed by atoms with Crippen LogP contribution in [-0.2, 0) is 13.0 Å². The molecule has 1 saturated heterocycles. The van der Waals surface area contributed by atoms with Crippen LogP contribution >= 0.6 is 11.8 Å². The minimum atomic E-state index is -0.520. The van der Waals surface area contributed by atoms with Crippen molar-refractivity contribution in [3.05, 3.63) is 35.4 Å². The van der Waals surface area contributed by atoms with Crippen molar-refractivity contribution in [1.82, 2.24) is 0 Å². The number of hydrogen-bond donors (Lipinski definition) is 2. The monoisotopic (exact) mass is 237 g/mol. The van der Waals surface area contributed by atoms with E-state index in [4.69, 9.17) is 5.73 Å². The maximum atomic E-state index is 10.5. The van der Waals surface area contributed by atoms with Gasteiger partial charge in [0.1, 0.15) is 0 Å². The predicted molar refractivity (Wildman–Crippen MR) is 69.5 cm³/mol. The molecule has 0 saturated carbocycles. The van der Waals surface area contributed by atoms with E-state index in [2.05, 4.69) is 12.1 Å². The van der Waals surface area contributed by atoms with E-state index in [1.54, 1.807) is 0 Å². The van der Waals surface area contributed by atoms with Gasteiger partial charge in [-0.3, -0.25) is 0 Å². The zero-order valence-corrected chi connectivity index (χ0v) is 10.3. The van der Waals surface area contributed by atoms with Crippen molar-refractivity contribution in [2.75, 3.05) is 11.5 Å². The van der Waals surface area contributed by atoms with E-state index in [1.807, 2.05) is 23.9 Å². The van der Waals surface area contributed by atoms with Crippen LogP contribution in [0.1, 0.15) is 24.0 Å². The van der Waals surface area contributed by atoms with Gasteiger partial charge in [-0.05, 0) is 29.7 Å². The molecule has 1 fully saturated rings. The second-order valence-electron chi connectivity index (χ2n) is 4.53. The van der Waals surface area contributed by atoms with E-state index < -0.39 is 5.60 Å². The Hall–Kier alpha value is -0.510. The van der Waals surface area contributed by atoms with Gasteiger partial charge in [-0.15, -0.1) is 0 Å². The van der Waals surface area contributed by atoms with E-state index >= 15 is 0 Å². The van der Waals surface area contributed by atoms with Gasteiger partial charge in [0.25, 0.3) is 0 Å². The average Bonchev–Trinajstić information content (AvgIpc) is 2.30. The Labute approximate surface area is 101 Å². The molecular formula is C13H19NOS. The van der Waals surface area contributed by atoms with Gasteiger partial charge in [-0.1, -0.05) is 24.3 Å². The van der Waals surface area contributed by atoms with Crippen LogP contribution in [0.4, 0.5) is 0 Å². The molecule has 1 atom stereocenters. The smallest absolute Gasteiger partial charge is 0.0778 e. The van der Waals surface area contributed by atoms with Crippen molar-refractivity contribution in [1.29, 1.82) is 0 Å². The summed E-state index contributed by atoms with van der Waals surface area (Å²) < 4.78 is 0. The van der Waals surface area contributed by atoms with Gasteiger partial charge in [0.05, 0.1) is 5.60 Å². The molecule has 88 valence electrons. The van der Waals surface area contributed by atoms with Gasteiger partial charge in [0, 0.05) is 18.7 Å². The summed E-state index contributed by atoms with van der Waals surface area (Å²) in [6.07, 6.45) is 2.78. The lowest BCUT2D eigenvalue weighted by atomic mass is 9.89. The minimum Gasteiger partial charge on any atom is -0.389 e. The second kappa shape index (κ2) is 5.21. The van der Waals surface area contributed by atoms with Gasteiger partial charge >= 0.3 is 0 Å². The number of aliphatic hydroxyl groups is 1. The fraction of sp³-hybridized carbons (Fsp3) is 0.538.